The molecule has 0 bridgehead atoms. The van der Waals surface area contributed by atoms with Crippen LogP contribution in [0.15, 0.2) is 12.1 Å². The molecule has 1 unspecified atom stereocenters. The number of rotatable bonds is 2. The van der Waals surface area contributed by atoms with Crippen LogP contribution in [0.4, 0.5) is 4.39 Å². The number of hydrogen-bond donors (Lipinski definition) is 1. The van der Waals surface area contributed by atoms with Crippen molar-refractivity contribution in [1.82, 2.24) is 0 Å². The quantitative estimate of drug-likeness (QED) is 0.729. The first kappa shape index (κ1) is 8.68. The summed E-state index contributed by atoms with van der Waals surface area (Å²) in [5, 5.41) is 0. The van der Waals surface area contributed by atoms with Crippen LogP contribution in [-0.2, 0) is 5.67 Å². The first-order valence-corrected chi connectivity index (χ1v) is 4.34. The van der Waals surface area contributed by atoms with Crippen LogP contribution >= 0.6 is 11.3 Å². The van der Waals surface area contributed by atoms with Crippen LogP contribution in [0.3, 0.4) is 0 Å². The van der Waals surface area contributed by atoms with Gasteiger partial charge in [-0.3, -0.25) is 0 Å². The van der Waals surface area contributed by atoms with Crippen molar-refractivity contribution >= 4 is 11.3 Å². The van der Waals surface area contributed by atoms with Crippen molar-refractivity contribution in [2.24, 2.45) is 5.73 Å². The fraction of sp³-hybridized carbons (Fsp3) is 0.500. The average Bonchev–Trinajstić information content (AvgIpc) is 2.36. The van der Waals surface area contributed by atoms with Gasteiger partial charge in [0.1, 0.15) is 0 Å². The maximum Gasteiger partial charge on any atom is 0.154 e. The van der Waals surface area contributed by atoms with Gasteiger partial charge in [-0.2, -0.15) is 0 Å². The number of nitrogens with two attached hydrogens (primary N) is 1. The lowest BCUT2D eigenvalue weighted by molar-refractivity contribution is 0.209. The van der Waals surface area contributed by atoms with E-state index in [0.717, 1.165) is 9.75 Å². The molecule has 62 valence electrons. The lowest BCUT2D eigenvalue weighted by Crippen LogP contribution is -2.25. The third-order valence-corrected chi connectivity index (χ3v) is 2.88. The zero-order valence-corrected chi connectivity index (χ0v) is 7.54. The van der Waals surface area contributed by atoms with E-state index in [1.807, 2.05) is 13.0 Å². The highest BCUT2D eigenvalue weighted by molar-refractivity contribution is 7.12. The Hall–Kier alpha value is -0.410. The molecule has 0 saturated carbocycles. The lowest BCUT2D eigenvalue weighted by atomic mass is 10.1. The molecule has 1 aromatic rings. The van der Waals surface area contributed by atoms with Gasteiger partial charge < -0.3 is 5.73 Å². The van der Waals surface area contributed by atoms with Crippen LogP contribution in [-0.4, -0.2) is 6.54 Å². The van der Waals surface area contributed by atoms with Gasteiger partial charge in [0.2, 0.25) is 0 Å². The summed E-state index contributed by atoms with van der Waals surface area (Å²) in [5.74, 6) is 0. The number of aryl methyl sites for hydroxylation is 1. The summed E-state index contributed by atoms with van der Waals surface area (Å²) < 4.78 is 13.5. The maximum absolute atomic E-state index is 13.5. The summed E-state index contributed by atoms with van der Waals surface area (Å²) in [7, 11) is 0. The molecule has 0 aliphatic carbocycles. The predicted molar refractivity (Wildman–Crippen MR) is 46.6 cm³/mol. The van der Waals surface area contributed by atoms with Crippen molar-refractivity contribution in [3.05, 3.63) is 21.9 Å². The van der Waals surface area contributed by atoms with Crippen LogP contribution in [0.5, 0.6) is 0 Å². The van der Waals surface area contributed by atoms with Crippen molar-refractivity contribution in [1.29, 1.82) is 0 Å². The molecule has 1 nitrogen and oxygen atoms in total. The van der Waals surface area contributed by atoms with Crippen LogP contribution in [0.25, 0.3) is 0 Å². The highest BCUT2D eigenvalue weighted by Gasteiger charge is 2.24. The van der Waals surface area contributed by atoms with Gasteiger partial charge in [0, 0.05) is 16.3 Å². The van der Waals surface area contributed by atoms with Crippen molar-refractivity contribution in [3.63, 3.8) is 0 Å². The van der Waals surface area contributed by atoms with Crippen molar-refractivity contribution < 1.29 is 4.39 Å². The Morgan fingerprint density at radius 1 is 1.64 bits per heavy atom. The van der Waals surface area contributed by atoms with Gasteiger partial charge in [0.05, 0.1) is 0 Å². The van der Waals surface area contributed by atoms with E-state index < -0.39 is 5.67 Å². The maximum atomic E-state index is 13.5. The summed E-state index contributed by atoms with van der Waals surface area (Å²) in [6.07, 6.45) is 0. The summed E-state index contributed by atoms with van der Waals surface area (Å²) >= 11 is 1.46. The van der Waals surface area contributed by atoms with Gasteiger partial charge in [-0.1, -0.05) is 0 Å². The summed E-state index contributed by atoms with van der Waals surface area (Å²) in [4.78, 5) is 1.84. The Kier molecular flexibility index (Phi) is 2.30. The van der Waals surface area contributed by atoms with E-state index in [1.54, 1.807) is 6.07 Å². The van der Waals surface area contributed by atoms with Crippen molar-refractivity contribution in [3.8, 4) is 0 Å². The van der Waals surface area contributed by atoms with Gasteiger partial charge in [0.15, 0.2) is 5.67 Å². The monoisotopic (exact) mass is 173 g/mol. The molecule has 1 aromatic heterocycles. The second kappa shape index (κ2) is 2.91. The Bertz CT molecular complexity index is 242. The molecular weight excluding hydrogens is 161 g/mol. The predicted octanol–water partition coefficient (Wildman–Crippen LogP) is 2.20. The van der Waals surface area contributed by atoms with Gasteiger partial charge in [0.25, 0.3) is 0 Å². The Labute approximate surface area is 70.0 Å². The second-order valence-corrected chi connectivity index (χ2v) is 4.10. The highest BCUT2D eigenvalue weighted by Crippen LogP contribution is 2.30. The van der Waals surface area contributed by atoms with E-state index in [0.29, 0.717) is 0 Å². The second-order valence-electron chi connectivity index (χ2n) is 2.81. The summed E-state index contributed by atoms with van der Waals surface area (Å²) in [6.45, 7) is 3.52. The first-order chi connectivity index (χ1) is 5.06. The topological polar surface area (TPSA) is 26.0 Å². The Morgan fingerprint density at radius 2 is 2.27 bits per heavy atom. The van der Waals surface area contributed by atoms with Gasteiger partial charge in [-0.05, 0) is 26.0 Å². The van der Waals surface area contributed by atoms with Crippen molar-refractivity contribution in [2.45, 2.75) is 19.5 Å². The van der Waals surface area contributed by atoms with E-state index in [1.165, 1.54) is 18.3 Å². The third-order valence-electron chi connectivity index (χ3n) is 1.64. The Balaban J connectivity index is 2.92. The summed E-state index contributed by atoms with van der Waals surface area (Å²) in [5.41, 5.74) is 3.93. The minimum atomic E-state index is -1.35. The molecule has 1 heterocycles. The fourth-order valence-electron chi connectivity index (χ4n) is 0.815. The minimum absolute atomic E-state index is 0.0486. The van der Waals surface area contributed by atoms with Gasteiger partial charge >= 0.3 is 0 Å². The number of halogens is 1. The Morgan fingerprint density at radius 3 is 2.64 bits per heavy atom. The van der Waals surface area contributed by atoms with E-state index in [9.17, 15) is 4.39 Å². The molecule has 3 heteroatoms. The first-order valence-electron chi connectivity index (χ1n) is 3.52. The zero-order chi connectivity index (χ0) is 8.48. The molecule has 0 aliphatic rings. The normalized spacial score (nSPS) is 16.4. The standard InChI is InChI=1S/C8H12FNS/c1-6-3-4-7(11-6)8(2,9)5-10/h3-4H,5,10H2,1-2H3. The molecule has 0 fully saturated rings. The van der Waals surface area contributed by atoms with Crippen LogP contribution in [0.2, 0.25) is 0 Å². The van der Waals surface area contributed by atoms with Gasteiger partial charge in [-0.15, -0.1) is 11.3 Å². The SMILES string of the molecule is Cc1ccc(C(C)(F)CN)s1. The number of thiophene rings is 1. The molecule has 11 heavy (non-hydrogen) atoms. The third kappa shape index (κ3) is 1.79. The van der Waals surface area contributed by atoms with E-state index in [4.69, 9.17) is 5.73 Å². The van der Waals surface area contributed by atoms with Crippen LogP contribution in [0.1, 0.15) is 16.7 Å². The smallest absolute Gasteiger partial charge is 0.154 e. The molecular formula is C8H12FNS. The molecule has 0 aromatic carbocycles. The molecule has 1 rings (SSSR count). The van der Waals surface area contributed by atoms with Gasteiger partial charge in [-0.25, -0.2) is 4.39 Å². The fourth-order valence-corrected chi connectivity index (χ4v) is 1.73. The van der Waals surface area contributed by atoms with Crippen molar-refractivity contribution in [2.75, 3.05) is 6.54 Å². The number of hydrogen-bond acceptors (Lipinski definition) is 2. The minimum Gasteiger partial charge on any atom is -0.327 e. The lowest BCUT2D eigenvalue weighted by Gasteiger charge is -2.15. The molecule has 0 spiro atoms. The zero-order valence-electron chi connectivity index (χ0n) is 6.73. The average molecular weight is 173 g/mol. The molecule has 0 saturated heterocycles. The highest BCUT2D eigenvalue weighted by atomic mass is 32.1. The van der Waals surface area contributed by atoms with E-state index >= 15 is 0 Å². The number of alkyl halides is 1. The largest absolute Gasteiger partial charge is 0.327 e. The molecule has 0 aliphatic heterocycles. The van der Waals surface area contributed by atoms with E-state index in [2.05, 4.69) is 0 Å². The van der Waals surface area contributed by atoms with Crippen LogP contribution in [0, 0.1) is 6.92 Å². The molecule has 2 N–H and O–H groups in total. The van der Waals surface area contributed by atoms with E-state index in [-0.39, 0.29) is 6.54 Å². The molecule has 1 atom stereocenters. The van der Waals surface area contributed by atoms with Crippen LogP contribution < -0.4 is 5.73 Å². The molecule has 0 radical (unpaired) electrons. The summed E-state index contributed by atoms with van der Waals surface area (Å²) in [6, 6.07) is 3.71. The molecule has 0 amide bonds.